The molecule has 0 radical (unpaired) electrons. The number of hydrogen-bond acceptors (Lipinski definition) is 3. The molecule has 0 saturated heterocycles. The third-order valence-corrected chi connectivity index (χ3v) is 3.82. The van der Waals surface area contributed by atoms with Crippen LogP contribution in [0.15, 0.2) is 16.9 Å². The van der Waals surface area contributed by atoms with E-state index in [2.05, 4.69) is 0 Å². The maximum Gasteiger partial charge on any atom is 0.337 e. The minimum Gasteiger partial charge on any atom is -0.478 e. The molecule has 0 aliphatic carbocycles. The predicted molar refractivity (Wildman–Crippen MR) is 61.1 cm³/mol. The second kappa shape index (κ2) is 3.43. The van der Waals surface area contributed by atoms with Crippen molar-refractivity contribution in [2.75, 3.05) is 0 Å². The fourth-order valence-electron chi connectivity index (χ4n) is 2.34. The number of carbonyl (C=O) groups is 1. The van der Waals surface area contributed by atoms with Crippen molar-refractivity contribution in [2.24, 2.45) is 5.41 Å². The van der Waals surface area contributed by atoms with Gasteiger partial charge < -0.3 is 14.8 Å². The Morgan fingerprint density at radius 3 is 2.53 bits per heavy atom. The highest BCUT2D eigenvalue weighted by molar-refractivity contribution is 5.89. The average molecular weight is 237 g/mol. The first-order chi connectivity index (χ1) is 7.78. The third kappa shape index (κ3) is 1.42. The van der Waals surface area contributed by atoms with Gasteiger partial charge in [-0.05, 0) is 13.0 Å². The summed E-state index contributed by atoms with van der Waals surface area (Å²) in [6.45, 7) is 5.45. The molecule has 2 N–H and O–H groups in total. The minimum atomic E-state index is -1.13. The molecular formula is C12H15NO4. The van der Waals surface area contributed by atoms with E-state index < -0.39 is 17.5 Å². The average Bonchev–Trinajstić information content (AvgIpc) is 2.41. The summed E-state index contributed by atoms with van der Waals surface area (Å²) in [7, 11) is 0. The van der Waals surface area contributed by atoms with Gasteiger partial charge in [-0.2, -0.15) is 0 Å². The Kier molecular flexibility index (Phi) is 2.39. The fourth-order valence-corrected chi connectivity index (χ4v) is 2.34. The molecular weight excluding hydrogens is 222 g/mol. The molecule has 0 aromatic carbocycles. The van der Waals surface area contributed by atoms with Gasteiger partial charge in [-0.1, -0.05) is 13.8 Å². The Morgan fingerprint density at radius 2 is 2.00 bits per heavy atom. The van der Waals surface area contributed by atoms with Crippen LogP contribution in [-0.4, -0.2) is 20.7 Å². The summed E-state index contributed by atoms with van der Waals surface area (Å²) in [5.41, 5.74) is -0.628. The molecule has 2 unspecified atom stereocenters. The molecule has 0 amide bonds. The highest BCUT2D eigenvalue weighted by Crippen LogP contribution is 2.49. The lowest BCUT2D eigenvalue weighted by Gasteiger charge is -2.26. The summed E-state index contributed by atoms with van der Waals surface area (Å²) in [4.78, 5) is 22.9. The number of aromatic carboxylic acids is 1. The first-order valence-electron chi connectivity index (χ1n) is 5.45. The first kappa shape index (κ1) is 11.9. The monoisotopic (exact) mass is 237 g/mol. The SMILES string of the molecule is CC1n2c(c(C(=O)O)ccc2=O)C(O)C1(C)C. The lowest BCUT2D eigenvalue weighted by Crippen LogP contribution is -2.26. The van der Waals surface area contributed by atoms with Crippen molar-refractivity contribution in [2.45, 2.75) is 32.9 Å². The largest absolute Gasteiger partial charge is 0.478 e. The molecule has 2 atom stereocenters. The van der Waals surface area contributed by atoms with Crippen LogP contribution in [0.4, 0.5) is 0 Å². The van der Waals surface area contributed by atoms with E-state index >= 15 is 0 Å². The number of rotatable bonds is 1. The number of carboxylic acid groups (broad SMARTS) is 1. The number of carboxylic acids is 1. The molecule has 1 aromatic rings. The standard InChI is InChI=1S/C12H15NO4/c1-6-12(2,3)10(15)9-7(11(16)17)4-5-8(14)13(6)9/h4-6,10,15H,1-3H3,(H,16,17). The third-order valence-electron chi connectivity index (χ3n) is 3.82. The maximum absolute atomic E-state index is 11.8. The smallest absolute Gasteiger partial charge is 0.337 e. The molecule has 92 valence electrons. The number of nitrogens with zero attached hydrogens (tertiary/aromatic N) is 1. The fraction of sp³-hybridized carbons (Fsp3) is 0.500. The molecule has 1 aliphatic heterocycles. The Balaban J connectivity index is 2.81. The molecule has 0 fully saturated rings. The Bertz CT molecular complexity index is 544. The van der Waals surface area contributed by atoms with Gasteiger partial charge in [-0.3, -0.25) is 4.79 Å². The second-order valence-corrected chi connectivity index (χ2v) is 5.05. The van der Waals surface area contributed by atoms with Gasteiger partial charge >= 0.3 is 5.97 Å². The summed E-state index contributed by atoms with van der Waals surface area (Å²) in [6, 6.07) is 2.25. The van der Waals surface area contributed by atoms with Gasteiger partial charge in [0.25, 0.3) is 5.56 Å². The van der Waals surface area contributed by atoms with Crippen molar-refractivity contribution >= 4 is 5.97 Å². The summed E-state index contributed by atoms with van der Waals surface area (Å²) in [5, 5.41) is 19.3. The van der Waals surface area contributed by atoms with E-state index in [0.29, 0.717) is 0 Å². The molecule has 5 heteroatoms. The van der Waals surface area contributed by atoms with Crippen LogP contribution < -0.4 is 5.56 Å². The zero-order valence-corrected chi connectivity index (χ0v) is 9.97. The Morgan fingerprint density at radius 1 is 1.41 bits per heavy atom. The van der Waals surface area contributed by atoms with Crippen molar-refractivity contribution < 1.29 is 15.0 Å². The first-order valence-corrected chi connectivity index (χ1v) is 5.45. The summed E-state index contributed by atoms with van der Waals surface area (Å²) < 4.78 is 1.38. The lowest BCUT2D eigenvalue weighted by atomic mass is 9.82. The molecule has 0 saturated carbocycles. The summed E-state index contributed by atoms with van der Waals surface area (Å²) in [5.74, 6) is -1.13. The van der Waals surface area contributed by atoms with Crippen molar-refractivity contribution in [3.05, 3.63) is 33.7 Å². The van der Waals surface area contributed by atoms with Crippen LogP contribution in [0.2, 0.25) is 0 Å². The topological polar surface area (TPSA) is 79.5 Å². The molecule has 2 heterocycles. The number of aliphatic hydroxyl groups excluding tert-OH is 1. The molecule has 0 bridgehead atoms. The maximum atomic E-state index is 11.8. The van der Waals surface area contributed by atoms with Gasteiger partial charge in [0, 0.05) is 17.5 Å². The molecule has 0 spiro atoms. The van der Waals surface area contributed by atoms with Crippen LogP contribution in [0.3, 0.4) is 0 Å². The van der Waals surface area contributed by atoms with Crippen LogP contribution in [-0.2, 0) is 0 Å². The molecule has 5 nitrogen and oxygen atoms in total. The number of aliphatic hydroxyl groups is 1. The lowest BCUT2D eigenvalue weighted by molar-refractivity contribution is 0.0465. The van der Waals surface area contributed by atoms with Gasteiger partial charge in [0.15, 0.2) is 0 Å². The molecule has 1 aromatic heterocycles. The van der Waals surface area contributed by atoms with E-state index in [0.717, 1.165) is 0 Å². The zero-order valence-electron chi connectivity index (χ0n) is 9.97. The zero-order chi connectivity index (χ0) is 13.0. The van der Waals surface area contributed by atoms with E-state index in [1.54, 1.807) is 0 Å². The summed E-state index contributed by atoms with van der Waals surface area (Å²) in [6.07, 6.45) is -0.947. The van der Waals surface area contributed by atoms with E-state index in [1.807, 2.05) is 20.8 Å². The molecule has 17 heavy (non-hydrogen) atoms. The van der Waals surface area contributed by atoms with Gasteiger partial charge in [-0.25, -0.2) is 4.79 Å². The normalized spacial score (nSPS) is 25.6. The van der Waals surface area contributed by atoms with Crippen molar-refractivity contribution in [3.8, 4) is 0 Å². The highest BCUT2D eigenvalue weighted by Gasteiger charge is 2.46. The van der Waals surface area contributed by atoms with Crippen LogP contribution in [0.25, 0.3) is 0 Å². The van der Waals surface area contributed by atoms with Gasteiger partial charge in [-0.15, -0.1) is 0 Å². The Labute approximate surface area is 98.3 Å². The quantitative estimate of drug-likeness (QED) is 0.768. The van der Waals surface area contributed by atoms with E-state index in [1.165, 1.54) is 16.7 Å². The van der Waals surface area contributed by atoms with Gasteiger partial charge in [0.2, 0.25) is 0 Å². The van der Waals surface area contributed by atoms with E-state index in [4.69, 9.17) is 5.11 Å². The number of hydrogen-bond donors (Lipinski definition) is 2. The van der Waals surface area contributed by atoms with Gasteiger partial charge in [0.05, 0.1) is 11.3 Å². The summed E-state index contributed by atoms with van der Waals surface area (Å²) >= 11 is 0. The van der Waals surface area contributed by atoms with Crippen LogP contribution >= 0.6 is 0 Å². The molecule has 1 aliphatic rings. The minimum absolute atomic E-state index is 0.00507. The van der Waals surface area contributed by atoms with E-state index in [-0.39, 0.29) is 22.9 Å². The predicted octanol–water partition coefficient (Wildman–Crippen LogP) is 1.18. The van der Waals surface area contributed by atoms with Crippen LogP contribution in [0.1, 0.15) is 49.0 Å². The van der Waals surface area contributed by atoms with E-state index in [9.17, 15) is 14.7 Å². The highest BCUT2D eigenvalue weighted by atomic mass is 16.4. The number of pyridine rings is 1. The van der Waals surface area contributed by atoms with Crippen LogP contribution in [0, 0.1) is 5.41 Å². The Hall–Kier alpha value is -1.62. The van der Waals surface area contributed by atoms with Crippen LogP contribution in [0.5, 0.6) is 0 Å². The number of aromatic nitrogens is 1. The van der Waals surface area contributed by atoms with Crippen molar-refractivity contribution in [1.82, 2.24) is 4.57 Å². The van der Waals surface area contributed by atoms with Gasteiger partial charge in [0.1, 0.15) is 6.10 Å². The number of fused-ring (bicyclic) bond motifs is 1. The molecule has 2 rings (SSSR count). The van der Waals surface area contributed by atoms with Crippen molar-refractivity contribution in [1.29, 1.82) is 0 Å². The van der Waals surface area contributed by atoms with Crippen molar-refractivity contribution in [3.63, 3.8) is 0 Å². The second-order valence-electron chi connectivity index (χ2n) is 5.05.